The lowest BCUT2D eigenvalue weighted by Crippen LogP contribution is -2.33. The highest BCUT2D eigenvalue weighted by atomic mass is 16.1. The number of rotatable bonds is 3. The number of nitriles is 1. The Morgan fingerprint density at radius 1 is 1.38 bits per heavy atom. The number of hydrogen-bond donors (Lipinski definition) is 1. The first-order valence-electron chi connectivity index (χ1n) is 5.21. The lowest BCUT2D eigenvalue weighted by molar-refractivity contribution is 0.0944. The maximum absolute atomic E-state index is 11.7. The number of nitrogens with zero attached hydrogens (tertiary/aromatic N) is 1. The Morgan fingerprint density at radius 2 is 1.94 bits per heavy atom. The van der Waals surface area contributed by atoms with E-state index < -0.39 is 5.41 Å². The van der Waals surface area contributed by atoms with Gasteiger partial charge in [-0.3, -0.25) is 4.79 Å². The molecule has 0 aliphatic heterocycles. The van der Waals surface area contributed by atoms with E-state index in [0.29, 0.717) is 12.1 Å². The van der Waals surface area contributed by atoms with Gasteiger partial charge in [-0.1, -0.05) is 17.7 Å². The van der Waals surface area contributed by atoms with Crippen LogP contribution in [0.5, 0.6) is 0 Å². The molecular weight excluding hydrogens is 200 g/mol. The Hall–Kier alpha value is -1.82. The zero-order chi connectivity index (χ0) is 12.2. The summed E-state index contributed by atoms with van der Waals surface area (Å²) in [6, 6.07) is 9.49. The molecule has 1 aromatic carbocycles. The Kier molecular flexibility index (Phi) is 3.68. The second-order valence-corrected chi connectivity index (χ2v) is 4.54. The van der Waals surface area contributed by atoms with E-state index in [1.54, 1.807) is 26.0 Å². The molecule has 0 bridgehead atoms. The van der Waals surface area contributed by atoms with Gasteiger partial charge in [-0.15, -0.1) is 0 Å². The maximum atomic E-state index is 11.7. The summed E-state index contributed by atoms with van der Waals surface area (Å²) in [5, 5.41) is 11.6. The van der Waals surface area contributed by atoms with Gasteiger partial charge < -0.3 is 5.32 Å². The molecule has 0 saturated carbocycles. The van der Waals surface area contributed by atoms with E-state index in [-0.39, 0.29) is 5.91 Å². The number of hydrogen-bond acceptors (Lipinski definition) is 2. The predicted octanol–water partition coefficient (Wildman–Crippen LogP) is 2.27. The van der Waals surface area contributed by atoms with Crippen molar-refractivity contribution in [3.8, 4) is 6.07 Å². The van der Waals surface area contributed by atoms with Crippen LogP contribution in [0.2, 0.25) is 0 Å². The van der Waals surface area contributed by atoms with Crippen LogP contribution in [-0.4, -0.2) is 12.5 Å². The van der Waals surface area contributed by atoms with Crippen LogP contribution in [0, 0.1) is 23.7 Å². The van der Waals surface area contributed by atoms with Crippen LogP contribution in [0.4, 0.5) is 0 Å². The molecule has 0 aliphatic rings. The van der Waals surface area contributed by atoms with Crippen molar-refractivity contribution in [2.75, 3.05) is 6.54 Å². The molecule has 0 radical (unpaired) electrons. The zero-order valence-corrected chi connectivity index (χ0v) is 9.87. The highest BCUT2D eigenvalue weighted by molar-refractivity contribution is 5.94. The molecule has 0 fully saturated rings. The zero-order valence-electron chi connectivity index (χ0n) is 9.87. The smallest absolute Gasteiger partial charge is 0.251 e. The van der Waals surface area contributed by atoms with E-state index in [9.17, 15) is 4.79 Å². The fourth-order valence-electron chi connectivity index (χ4n) is 1.15. The van der Waals surface area contributed by atoms with Crippen LogP contribution in [0.25, 0.3) is 0 Å². The molecule has 3 heteroatoms. The molecule has 1 aromatic rings. The van der Waals surface area contributed by atoms with Gasteiger partial charge in [0, 0.05) is 12.1 Å². The van der Waals surface area contributed by atoms with Crippen molar-refractivity contribution in [1.82, 2.24) is 5.32 Å². The molecule has 84 valence electrons. The van der Waals surface area contributed by atoms with Crippen LogP contribution in [0.15, 0.2) is 24.3 Å². The minimum atomic E-state index is -0.527. The van der Waals surface area contributed by atoms with Crippen LogP contribution >= 0.6 is 0 Å². The first-order valence-corrected chi connectivity index (χ1v) is 5.21. The van der Waals surface area contributed by atoms with Gasteiger partial charge in [0.05, 0.1) is 11.5 Å². The normalized spacial score (nSPS) is 10.6. The van der Waals surface area contributed by atoms with Crippen molar-refractivity contribution >= 4 is 5.91 Å². The Morgan fingerprint density at radius 3 is 2.44 bits per heavy atom. The van der Waals surface area contributed by atoms with Gasteiger partial charge in [-0.2, -0.15) is 5.26 Å². The third kappa shape index (κ3) is 3.39. The van der Waals surface area contributed by atoms with Crippen LogP contribution in [0.1, 0.15) is 29.8 Å². The monoisotopic (exact) mass is 216 g/mol. The summed E-state index contributed by atoms with van der Waals surface area (Å²) in [6.45, 7) is 5.92. The lowest BCUT2D eigenvalue weighted by Gasteiger charge is -2.15. The van der Waals surface area contributed by atoms with Gasteiger partial charge in [0.1, 0.15) is 0 Å². The minimum Gasteiger partial charge on any atom is -0.350 e. The van der Waals surface area contributed by atoms with E-state index in [2.05, 4.69) is 11.4 Å². The van der Waals surface area contributed by atoms with Crippen LogP contribution < -0.4 is 5.32 Å². The maximum Gasteiger partial charge on any atom is 0.251 e. The third-order valence-corrected chi connectivity index (χ3v) is 2.31. The van der Waals surface area contributed by atoms with Crippen molar-refractivity contribution in [3.05, 3.63) is 35.4 Å². The van der Waals surface area contributed by atoms with Gasteiger partial charge in [0.15, 0.2) is 0 Å². The van der Waals surface area contributed by atoms with E-state index in [1.165, 1.54) is 0 Å². The summed E-state index contributed by atoms with van der Waals surface area (Å²) >= 11 is 0. The second kappa shape index (κ2) is 4.80. The van der Waals surface area contributed by atoms with Gasteiger partial charge in [-0.05, 0) is 32.9 Å². The summed E-state index contributed by atoms with van der Waals surface area (Å²) in [7, 11) is 0. The largest absolute Gasteiger partial charge is 0.350 e. The van der Waals surface area contributed by atoms with Crippen molar-refractivity contribution in [2.45, 2.75) is 20.8 Å². The molecule has 0 spiro atoms. The molecule has 1 amide bonds. The van der Waals surface area contributed by atoms with E-state index >= 15 is 0 Å². The Labute approximate surface area is 96.1 Å². The average Bonchev–Trinajstić information content (AvgIpc) is 2.27. The number of carbonyl (C=O) groups is 1. The highest BCUT2D eigenvalue weighted by Crippen LogP contribution is 2.11. The molecule has 1 rings (SSSR count). The Balaban J connectivity index is 2.61. The van der Waals surface area contributed by atoms with Crippen molar-refractivity contribution in [3.63, 3.8) is 0 Å². The number of benzene rings is 1. The van der Waals surface area contributed by atoms with E-state index in [0.717, 1.165) is 5.56 Å². The molecule has 0 aliphatic carbocycles. The molecule has 0 saturated heterocycles. The number of aryl methyl sites for hydroxylation is 1. The van der Waals surface area contributed by atoms with Crippen molar-refractivity contribution in [2.24, 2.45) is 5.41 Å². The standard InChI is InChI=1S/C13H16N2O/c1-10-4-6-11(7-5-10)12(16)15-9-13(2,3)8-14/h4-7H,9H2,1-3H3,(H,15,16). The quantitative estimate of drug-likeness (QED) is 0.842. The number of nitrogens with one attached hydrogen (secondary N) is 1. The Bertz CT molecular complexity index is 413. The molecule has 0 aromatic heterocycles. The fraction of sp³-hybridized carbons (Fsp3) is 0.385. The van der Waals surface area contributed by atoms with Gasteiger partial charge in [0.25, 0.3) is 5.91 Å². The second-order valence-electron chi connectivity index (χ2n) is 4.54. The lowest BCUT2D eigenvalue weighted by atomic mass is 9.96. The molecular formula is C13H16N2O. The predicted molar refractivity (Wildman–Crippen MR) is 62.9 cm³/mol. The molecule has 0 heterocycles. The topological polar surface area (TPSA) is 52.9 Å². The average molecular weight is 216 g/mol. The fourth-order valence-corrected chi connectivity index (χ4v) is 1.15. The first-order chi connectivity index (χ1) is 7.44. The number of carbonyl (C=O) groups excluding carboxylic acids is 1. The van der Waals surface area contributed by atoms with Gasteiger partial charge in [0.2, 0.25) is 0 Å². The SMILES string of the molecule is Cc1ccc(C(=O)NCC(C)(C)C#N)cc1. The van der Waals surface area contributed by atoms with Crippen LogP contribution in [-0.2, 0) is 0 Å². The molecule has 0 atom stereocenters. The van der Waals surface area contributed by atoms with Gasteiger partial charge in [-0.25, -0.2) is 0 Å². The summed E-state index contributed by atoms with van der Waals surface area (Å²) in [4.78, 5) is 11.7. The molecule has 1 N–H and O–H groups in total. The molecule has 3 nitrogen and oxygen atoms in total. The van der Waals surface area contributed by atoms with E-state index in [4.69, 9.17) is 5.26 Å². The minimum absolute atomic E-state index is 0.136. The van der Waals surface area contributed by atoms with Crippen molar-refractivity contribution in [1.29, 1.82) is 5.26 Å². The first kappa shape index (κ1) is 12.3. The summed E-state index contributed by atoms with van der Waals surface area (Å²) < 4.78 is 0. The highest BCUT2D eigenvalue weighted by Gasteiger charge is 2.17. The van der Waals surface area contributed by atoms with Gasteiger partial charge >= 0.3 is 0 Å². The van der Waals surface area contributed by atoms with E-state index in [1.807, 2.05) is 19.1 Å². The molecule has 0 unspecified atom stereocenters. The summed E-state index contributed by atoms with van der Waals surface area (Å²) in [5.74, 6) is -0.136. The van der Waals surface area contributed by atoms with Crippen molar-refractivity contribution < 1.29 is 4.79 Å². The third-order valence-electron chi connectivity index (χ3n) is 2.31. The summed E-state index contributed by atoms with van der Waals surface area (Å²) in [5.41, 5.74) is 1.22. The molecule has 16 heavy (non-hydrogen) atoms. The van der Waals surface area contributed by atoms with Crippen LogP contribution in [0.3, 0.4) is 0 Å². The number of amides is 1. The summed E-state index contributed by atoms with van der Waals surface area (Å²) in [6.07, 6.45) is 0.